The maximum absolute atomic E-state index is 10.5. The number of aliphatic hydroxyl groups is 3. The minimum absolute atomic E-state index is 0.201. The standard InChI is InChI=1S/C14H20N2.C13H18N2O.C13H16N2.C12H16N2O.C11H13N.C10H11NO.C10H9N.C9H7NO/c1-3-10-16(2)11-8-13-6-4-5-12-7-9-15-14(12)13;1-15(9-10-16)8-6-12-4-2-3-11-5-7-14-13(11)12;1-14-7-5-11-3-2-4-12-6-8-15(10-9-14)13(11)12;15-9-8-13-6-4-10-2-1-3-11-5-7-14-12(10)11;1-2-4-9-5-3-6-10-7-8-12-11(9)10;12-7-5-9-3-1-2-8-4-6-11-10(8)9;1-2-8-4-3-5-9-6-7-11-10(8)9;11-6-8-3-1-2-7-4-5-10-9(7)8/h4-7,9,15H,3,8,10-11H2,1-2H3;2-5,7,14,16H,6,8-10H2,1H3;2-4,6,8H,5,7,9-10H2,1H3;1-3,5,7,13-15H,4,6,8-9H2;3,5-8,12H,2,4H2,1H3;1-4,6,11-12H,5,7H2;2-7,11H,1H2;1-6,10H. The minimum atomic E-state index is 0.201. The molecule has 0 aliphatic carbocycles. The number of aromatic nitrogens is 8. The van der Waals surface area contributed by atoms with Gasteiger partial charge in [-0.15, -0.1) is 0 Å². The molecule has 8 aromatic carbocycles. The van der Waals surface area contributed by atoms with Crippen molar-refractivity contribution >= 4 is 99.6 Å². The van der Waals surface area contributed by atoms with Crippen LogP contribution in [0.3, 0.4) is 0 Å². The molecule has 11 N–H and O–H groups in total. The quantitative estimate of drug-likeness (QED) is 0.0245. The van der Waals surface area contributed by atoms with Crippen LogP contribution in [0.25, 0.3) is 93.3 Å². The number of nitrogens with zero attached hydrogens (tertiary/aromatic N) is 4. The Morgan fingerprint density at radius 2 is 0.796 bits per heavy atom. The Morgan fingerprint density at radius 3 is 1.23 bits per heavy atom. The van der Waals surface area contributed by atoms with Gasteiger partial charge in [0, 0.05) is 141 Å². The van der Waals surface area contributed by atoms with Crippen LogP contribution in [0.15, 0.2) is 250 Å². The highest BCUT2D eigenvalue weighted by molar-refractivity contribution is 5.96. The van der Waals surface area contributed by atoms with E-state index in [1.165, 1.54) is 130 Å². The molecule has 108 heavy (non-hydrogen) atoms. The summed E-state index contributed by atoms with van der Waals surface area (Å²) in [5, 5.41) is 39.5. The van der Waals surface area contributed by atoms with Crippen molar-refractivity contribution in [2.24, 2.45) is 0 Å². The lowest BCUT2D eigenvalue weighted by molar-refractivity contribution is 0.112. The van der Waals surface area contributed by atoms with Gasteiger partial charge in [0.25, 0.3) is 0 Å². The molecule has 1 aliphatic rings. The zero-order valence-electron chi connectivity index (χ0n) is 63.6. The number of rotatable bonds is 21. The number of carbonyl (C=O) groups excluding carboxylic acids is 1. The van der Waals surface area contributed by atoms with Crippen LogP contribution >= 0.6 is 0 Å². The van der Waals surface area contributed by atoms with Crippen molar-refractivity contribution < 1.29 is 20.1 Å². The number of aromatic amines is 7. The monoisotopic (exact) mass is 1450 g/mol. The van der Waals surface area contributed by atoms with Crippen molar-refractivity contribution in [1.29, 1.82) is 0 Å². The van der Waals surface area contributed by atoms with E-state index in [0.29, 0.717) is 12.1 Å². The Bertz CT molecular complexity index is 5050. The highest BCUT2D eigenvalue weighted by atomic mass is 16.3. The predicted octanol–water partition coefficient (Wildman–Crippen LogP) is 17.7. The number of aryl methyl sites for hydroxylation is 1. The summed E-state index contributed by atoms with van der Waals surface area (Å²) in [5.41, 5.74) is 19.8. The second-order valence-corrected chi connectivity index (χ2v) is 27.4. The van der Waals surface area contributed by atoms with E-state index >= 15 is 0 Å². The Morgan fingerprint density at radius 1 is 0.398 bits per heavy atom. The van der Waals surface area contributed by atoms with Crippen molar-refractivity contribution in [3.05, 3.63) is 295 Å². The van der Waals surface area contributed by atoms with Gasteiger partial charge in [-0.3, -0.25) is 4.79 Å². The third-order valence-corrected chi connectivity index (χ3v) is 19.7. The van der Waals surface area contributed by atoms with Crippen molar-refractivity contribution in [2.75, 3.05) is 93.3 Å². The zero-order valence-corrected chi connectivity index (χ0v) is 63.6. The number of carbonyl (C=O) groups is 1. The lowest BCUT2D eigenvalue weighted by Gasteiger charge is -2.21. The number of aldehydes is 1. The van der Waals surface area contributed by atoms with E-state index in [4.69, 9.17) is 15.3 Å². The average Bonchev–Trinajstić information content (AvgIpc) is 1.63. The molecule has 16 heteroatoms. The second kappa shape index (κ2) is 42.5. The highest BCUT2D eigenvalue weighted by Gasteiger charge is 2.13. The molecule has 0 bridgehead atoms. The smallest absolute Gasteiger partial charge is 0.152 e. The summed E-state index contributed by atoms with van der Waals surface area (Å²) >= 11 is 0. The van der Waals surface area contributed by atoms with Crippen LogP contribution in [0, 0.1) is 0 Å². The largest absolute Gasteiger partial charge is 0.396 e. The first kappa shape index (κ1) is 79.8. The Kier molecular flexibility index (Phi) is 31.4. The molecule has 17 rings (SSSR count). The van der Waals surface area contributed by atoms with Gasteiger partial charge in [-0.25, -0.2) is 0 Å². The molecule has 0 amide bonds. The summed E-state index contributed by atoms with van der Waals surface area (Å²) in [6, 6.07) is 66.9. The molecule has 16 aromatic rings. The first-order valence-corrected chi connectivity index (χ1v) is 38.1. The Labute approximate surface area is 635 Å². The summed E-state index contributed by atoms with van der Waals surface area (Å²) < 4.78 is 2.39. The third-order valence-electron chi connectivity index (χ3n) is 19.7. The number of benzene rings is 8. The van der Waals surface area contributed by atoms with Crippen molar-refractivity contribution in [1.82, 2.24) is 59.5 Å². The van der Waals surface area contributed by atoms with E-state index in [2.05, 4.69) is 240 Å². The summed E-state index contributed by atoms with van der Waals surface area (Å²) in [6.07, 6.45) is 27.2. The van der Waals surface area contributed by atoms with Crippen LogP contribution in [0.4, 0.5) is 0 Å². The molecule has 0 spiro atoms. The van der Waals surface area contributed by atoms with Gasteiger partial charge < -0.3 is 74.8 Å². The molecular formula is C92H110N12O4. The van der Waals surface area contributed by atoms with Crippen LogP contribution < -0.4 is 5.32 Å². The van der Waals surface area contributed by atoms with Gasteiger partial charge in [-0.05, 0) is 210 Å². The van der Waals surface area contributed by atoms with Crippen molar-refractivity contribution in [3.8, 4) is 0 Å². The topological polar surface area (TPSA) is 215 Å². The van der Waals surface area contributed by atoms with E-state index in [0.717, 1.165) is 106 Å². The maximum atomic E-state index is 10.5. The molecule has 0 saturated heterocycles. The fourth-order valence-electron chi connectivity index (χ4n) is 13.9. The summed E-state index contributed by atoms with van der Waals surface area (Å²) in [5.74, 6) is 0. The molecule has 0 fully saturated rings. The molecule has 1 aliphatic heterocycles. The minimum Gasteiger partial charge on any atom is -0.396 e. The molecule has 0 radical (unpaired) electrons. The van der Waals surface area contributed by atoms with Crippen LogP contribution in [0.5, 0.6) is 0 Å². The fraction of sp³-hybridized carbons (Fsp3) is 0.272. The van der Waals surface area contributed by atoms with Gasteiger partial charge >= 0.3 is 0 Å². The molecule has 0 unspecified atom stereocenters. The number of likely N-dealkylation sites (N-methyl/N-ethyl adjacent to an activating group) is 3. The van der Waals surface area contributed by atoms with E-state index < -0.39 is 0 Å². The van der Waals surface area contributed by atoms with Crippen LogP contribution in [-0.4, -0.2) is 169 Å². The van der Waals surface area contributed by atoms with Gasteiger partial charge in [0.1, 0.15) is 0 Å². The average molecular weight is 1450 g/mol. The SMILES string of the molecule is C=Cc1cccc2cc[nH]c12.CCCN(C)CCc1cccc2cc[nH]c12.CCCc1cccc2cc[nH]c12.CN(CCO)CCc1cccc2cc[nH]c12.CN1CCc2cccc3ccn(c23)CC1.O=Cc1cccc2cc[nH]c12.OCCNCCc1cccc2cc[nH]c12.OCCc1cccc2cc[nH]c12. The van der Waals surface area contributed by atoms with Crippen molar-refractivity contribution in [2.45, 2.75) is 71.8 Å². The van der Waals surface area contributed by atoms with Crippen LogP contribution in [0.1, 0.15) is 76.0 Å². The third kappa shape index (κ3) is 22.4. The molecule has 562 valence electrons. The molecule has 16 nitrogen and oxygen atoms in total. The molecule has 8 aromatic heterocycles. The number of hydrogen-bond donors (Lipinski definition) is 11. The first-order valence-electron chi connectivity index (χ1n) is 38.1. The van der Waals surface area contributed by atoms with Gasteiger partial charge in [0.2, 0.25) is 0 Å². The summed E-state index contributed by atoms with van der Waals surface area (Å²) in [7, 11) is 6.43. The number of para-hydroxylation sites is 8. The molecular weight excluding hydrogens is 1340 g/mol. The Hall–Kier alpha value is -10.8. The van der Waals surface area contributed by atoms with E-state index in [1.807, 2.05) is 105 Å². The lowest BCUT2D eigenvalue weighted by atomic mass is 10.1. The number of hydrogen-bond acceptors (Lipinski definition) is 8. The number of H-pyrrole nitrogens is 7. The maximum Gasteiger partial charge on any atom is 0.152 e. The van der Waals surface area contributed by atoms with Gasteiger partial charge in [-0.2, -0.15) is 0 Å². The van der Waals surface area contributed by atoms with Crippen molar-refractivity contribution in [3.63, 3.8) is 0 Å². The molecule has 0 saturated carbocycles. The van der Waals surface area contributed by atoms with E-state index in [1.54, 1.807) is 6.07 Å². The van der Waals surface area contributed by atoms with Crippen LogP contribution in [0.2, 0.25) is 0 Å². The number of nitrogens with one attached hydrogen (secondary N) is 8. The number of fused-ring (bicyclic) bond motifs is 7. The van der Waals surface area contributed by atoms with Gasteiger partial charge in [-0.1, -0.05) is 172 Å². The predicted molar refractivity (Wildman–Crippen MR) is 455 cm³/mol. The van der Waals surface area contributed by atoms with E-state index in [-0.39, 0.29) is 19.8 Å². The second-order valence-electron chi connectivity index (χ2n) is 27.4. The normalized spacial score (nSPS) is 11.8. The van der Waals surface area contributed by atoms with Gasteiger partial charge in [0.15, 0.2) is 6.29 Å². The summed E-state index contributed by atoms with van der Waals surface area (Å²) in [6.45, 7) is 17.8. The zero-order chi connectivity index (χ0) is 75.7. The highest BCUT2D eigenvalue weighted by Crippen LogP contribution is 2.25. The number of aliphatic hydroxyl groups excluding tert-OH is 3. The first-order chi connectivity index (χ1) is 53.0. The Balaban J connectivity index is 0.000000132. The summed E-state index contributed by atoms with van der Waals surface area (Å²) in [4.78, 5) is 39.9. The van der Waals surface area contributed by atoms with Gasteiger partial charge in [0.05, 0.1) is 29.8 Å². The molecule has 9 heterocycles. The van der Waals surface area contributed by atoms with Crippen LogP contribution in [-0.2, 0) is 45.1 Å². The molecule has 0 atom stereocenters. The lowest BCUT2D eigenvalue weighted by Crippen LogP contribution is -2.27. The van der Waals surface area contributed by atoms with E-state index in [9.17, 15) is 4.79 Å². The fourth-order valence-corrected chi connectivity index (χ4v) is 13.9.